The predicted molar refractivity (Wildman–Crippen MR) is 69.4 cm³/mol. The van der Waals surface area contributed by atoms with Crippen LogP contribution in [0.1, 0.15) is 53.9 Å². The molecule has 0 aromatic heterocycles. The molecule has 0 bridgehead atoms. The Morgan fingerprint density at radius 1 is 1.25 bits per heavy atom. The van der Waals surface area contributed by atoms with E-state index in [9.17, 15) is 5.11 Å². The number of hydrogen-bond donors (Lipinski definition) is 2. The molecule has 1 fully saturated rings. The van der Waals surface area contributed by atoms with Gasteiger partial charge in [-0.25, -0.2) is 0 Å². The zero-order valence-electron chi connectivity index (χ0n) is 11.6. The maximum atomic E-state index is 10.2. The van der Waals surface area contributed by atoms with E-state index in [-0.39, 0.29) is 0 Å². The van der Waals surface area contributed by atoms with Crippen LogP contribution in [0.5, 0.6) is 0 Å². The van der Waals surface area contributed by atoms with Crippen LogP contribution >= 0.6 is 0 Å². The van der Waals surface area contributed by atoms with Gasteiger partial charge in [-0.2, -0.15) is 0 Å². The van der Waals surface area contributed by atoms with Crippen LogP contribution < -0.4 is 5.32 Å². The number of rotatable bonds is 6. The fourth-order valence-corrected chi connectivity index (χ4v) is 2.69. The van der Waals surface area contributed by atoms with Crippen LogP contribution in [0, 0.1) is 17.8 Å². The molecule has 2 N–H and O–H groups in total. The van der Waals surface area contributed by atoms with E-state index in [0.717, 1.165) is 24.8 Å². The molecular weight excluding hydrogens is 198 g/mol. The summed E-state index contributed by atoms with van der Waals surface area (Å²) in [6.07, 6.45) is 3.45. The molecule has 0 aromatic carbocycles. The lowest BCUT2D eigenvalue weighted by Gasteiger charge is -2.40. The summed E-state index contributed by atoms with van der Waals surface area (Å²) in [6, 6.07) is 0.644. The molecule has 0 radical (unpaired) electrons. The van der Waals surface area contributed by atoms with Crippen molar-refractivity contribution in [3.63, 3.8) is 0 Å². The molecule has 1 aliphatic carbocycles. The molecule has 0 aromatic rings. The van der Waals surface area contributed by atoms with Gasteiger partial charge in [0.2, 0.25) is 0 Å². The normalized spacial score (nSPS) is 29.2. The van der Waals surface area contributed by atoms with Gasteiger partial charge < -0.3 is 10.4 Å². The molecule has 0 spiro atoms. The number of hydrogen-bond acceptors (Lipinski definition) is 2. The molecule has 0 saturated heterocycles. The summed E-state index contributed by atoms with van der Waals surface area (Å²) >= 11 is 0. The van der Waals surface area contributed by atoms with Gasteiger partial charge in [0.25, 0.3) is 0 Å². The van der Waals surface area contributed by atoms with Crippen molar-refractivity contribution in [2.45, 2.75) is 65.5 Å². The Labute approximate surface area is 101 Å². The van der Waals surface area contributed by atoms with Gasteiger partial charge in [0.1, 0.15) is 0 Å². The van der Waals surface area contributed by atoms with Gasteiger partial charge in [-0.05, 0) is 43.9 Å². The first-order valence-corrected chi connectivity index (χ1v) is 6.76. The van der Waals surface area contributed by atoms with Gasteiger partial charge >= 0.3 is 0 Å². The first-order valence-electron chi connectivity index (χ1n) is 6.76. The van der Waals surface area contributed by atoms with E-state index in [1.165, 1.54) is 12.8 Å². The third kappa shape index (κ3) is 4.42. The third-order valence-electron chi connectivity index (χ3n) is 3.74. The number of aliphatic hydroxyl groups is 1. The van der Waals surface area contributed by atoms with Crippen LogP contribution in [0.15, 0.2) is 0 Å². The highest BCUT2D eigenvalue weighted by Crippen LogP contribution is 2.33. The van der Waals surface area contributed by atoms with Gasteiger partial charge in [0, 0.05) is 12.6 Å². The first-order chi connectivity index (χ1) is 7.30. The van der Waals surface area contributed by atoms with Crippen LogP contribution in [0.4, 0.5) is 0 Å². The van der Waals surface area contributed by atoms with Crippen molar-refractivity contribution in [3.05, 3.63) is 0 Å². The molecule has 1 atom stereocenters. The zero-order valence-corrected chi connectivity index (χ0v) is 11.6. The van der Waals surface area contributed by atoms with Crippen LogP contribution in [-0.2, 0) is 0 Å². The van der Waals surface area contributed by atoms with E-state index in [4.69, 9.17) is 0 Å². The zero-order chi connectivity index (χ0) is 12.3. The Morgan fingerprint density at radius 2 is 1.81 bits per heavy atom. The minimum atomic E-state index is -0.545. The van der Waals surface area contributed by atoms with E-state index >= 15 is 0 Å². The predicted octanol–water partition coefficient (Wildman–Crippen LogP) is 2.81. The maximum Gasteiger partial charge on any atom is 0.0746 e. The van der Waals surface area contributed by atoms with Crippen LogP contribution in [0.3, 0.4) is 0 Å². The van der Waals surface area contributed by atoms with Crippen LogP contribution in [0.25, 0.3) is 0 Å². The number of nitrogens with one attached hydrogen (secondary N) is 1. The van der Waals surface area contributed by atoms with Gasteiger partial charge in [0.15, 0.2) is 0 Å². The third-order valence-corrected chi connectivity index (χ3v) is 3.74. The highest BCUT2D eigenvalue weighted by Gasteiger charge is 2.32. The molecule has 0 amide bonds. The highest BCUT2D eigenvalue weighted by molar-refractivity contribution is 4.89. The van der Waals surface area contributed by atoms with E-state index < -0.39 is 5.60 Å². The molecule has 1 unspecified atom stereocenters. The largest absolute Gasteiger partial charge is 0.389 e. The van der Waals surface area contributed by atoms with E-state index in [2.05, 4.69) is 33.0 Å². The minimum absolute atomic E-state index is 0.545. The van der Waals surface area contributed by atoms with Crippen LogP contribution in [0.2, 0.25) is 0 Å². The second-order valence-corrected chi connectivity index (χ2v) is 6.65. The van der Waals surface area contributed by atoms with Gasteiger partial charge in [-0.3, -0.25) is 0 Å². The standard InChI is InChI=1S/C14H29NO/c1-10(2)8-14(5,16)9-15-13-6-12(7-13)11(3)4/h10-13,15-16H,6-9H2,1-5H3. The average Bonchev–Trinajstić information content (AvgIpc) is 1.96. The average molecular weight is 227 g/mol. The monoisotopic (exact) mass is 227 g/mol. The molecule has 1 saturated carbocycles. The van der Waals surface area contributed by atoms with Crippen molar-refractivity contribution < 1.29 is 5.11 Å². The fraction of sp³-hybridized carbons (Fsp3) is 1.00. The molecule has 0 heterocycles. The molecule has 16 heavy (non-hydrogen) atoms. The summed E-state index contributed by atoms with van der Waals surface area (Å²) in [5.74, 6) is 2.27. The van der Waals surface area contributed by atoms with Crippen molar-refractivity contribution in [2.75, 3.05) is 6.54 Å². The Kier molecular flexibility index (Phi) is 4.81. The molecule has 0 aliphatic heterocycles. The highest BCUT2D eigenvalue weighted by atomic mass is 16.3. The first kappa shape index (κ1) is 14.0. The van der Waals surface area contributed by atoms with E-state index in [0.29, 0.717) is 12.0 Å². The lowest BCUT2D eigenvalue weighted by atomic mass is 9.73. The maximum absolute atomic E-state index is 10.2. The quantitative estimate of drug-likeness (QED) is 0.731. The minimum Gasteiger partial charge on any atom is -0.389 e. The Morgan fingerprint density at radius 3 is 2.25 bits per heavy atom. The summed E-state index contributed by atoms with van der Waals surface area (Å²) in [6.45, 7) is 11.6. The van der Waals surface area contributed by atoms with Gasteiger partial charge in [-0.1, -0.05) is 27.7 Å². The Balaban J connectivity index is 2.16. The molecule has 2 heteroatoms. The van der Waals surface area contributed by atoms with E-state index in [1.807, 2.05) is 6.92 Å². The Bertz CT molecular complexity index is 205. The lowest BCUT2D eigenvalue weighted by Crippen LogP contribution is -2.49. The Hall–Kier alpha value is -0.0800. The van der Waals surface area contributed by atoms with Crippen molar-refractivity contribution in [3.8, 4) is 0 Å². The molecular formula is C14H29NO. The van der Waals surface area contributed by atoms with Crippen LogP contribution in [-0.4, -0.2) is 23.3 Å². The van der Waals surface area contributed by atoms with Crippen molar-refractivity contribution >= 4 is 0 Å². The van der Waals surface area contributed by atoms with Crippen molar-refractivity contribution in [2.24, 2.45) is 17.8 Å². The van der Waals surface area contributed by atoms with Crippen molar-refractivity contribution in [1.82, 2.24) is 5.32 Å². The molecule has 1 aliphatic rings. The fourth-order valence-electron chi connectivity index (χ4n) is 2.69. The lowest BCUT2D eigenvalue weighted by molar-refractivity contribution is 0.0278. The van der Waals surface area contributed by atoms with Crippen molar-refractivity contribution in [1.29, 1.82) is 0 Å². The summed E-state index contributed by atoms with van der Waals surface area (Å²) in [7, 11) is 0. The second kappa shape index (κ2) is 5.50. The molecule has 1 rings (SSSR count). The topological polar surface area (TPSA) is 32.3 Å². The van der Waals surface area contributed by atoms with Gasteiger partial charge in [-0.15, -0.1) is 0 Å². The summed E-state index contributed by atoms with van der Waals surface area (Å²) < 4.78 is 0. The molecule has 2 nitrogen and oxygen atoms in total. The summed E-state index contributed by atoms with van der Waals surface area (Å²) in [5, 5.41) is 13.7. The second-order valence-electron chi connectivity index (χ2n) is 6.65. The SMILES string of the molecule is CC(C)CC(C)(O)CNC1CC(C(C)C)C1. The smallest absolute Gasteiger partial charge is 0.0746 e. The summed E-state index contributed by atoms with van der Waals surface area (Å²) in [4.78, 5) is 0. The summed E-state index contributed by atoms with van der Waals surface area (Å²) in [5.41, 5.74) is -0.545. The van der Waals surface area contributed by atoms with E-state index in [1.54, 1.807) is 0 Å². The molecule has 96 valence electrons. The van der Waals surface area contributed by atoms with Gasteiger partial charge in [0.05, 0.1) is 5.60 Å².